The Morgan fingerprint density at radius 3 is 1.61 bits per heavy atom. The molecular weight excluding hydrogens is 344 g/mol. The van der Waals surface area contributed by atoms with Gasteiger partial charge < -0.3 is 22.8 Å². The zero-order valence-electron chi connectivity index (χ0n) is 16.6. The Morgan fingerprint density at radius 2 is 1.22 bits per heavy atom. The lowest BCUT2D eigenvalue weighted by molar-refractivity contribution is -0.149. The van der Waals surface area contributed by atoms with Gasteiger partial charge in [0.25, 0.3) is 0 Å². The van der Waals surface area contributed by atoms with Gasteiger partial charge in [0.15, 0.2) is 31.2 Å². The summed E-state index contributed by atoms with van der Waals surface area (Å²) in [5.74, 6) is 0. The van der Waals surface area contributed by atoms with Crippen molar-refractivity contribution in [1.82, 2.24) is 0 Å². The Bertz CT molecular complexity index is 373. The van der Waals surface area contributed by atoms with Gasteiger partial charge in [-0.15, -0.1) is 0 Å². The van der Waals surface area contributed by atoms with Crippen molar-refractivity contribution in [3.63, 3.8) is 0 Å². The second kappa shape index (κ2) is 7.77. The van der Waals surface area contributed by atoms with Crippen LogP contribution < -0.4 is 0 Å². The van der Waals surface area contributed by atoms with Crippen molar-refractivity contribution in [3.8, 4) is 0 Å². The molecule has 5 nitrogen and oxygen atoms in total. The topological polar surface area (TPSA) is 46.2 Å². The van der Waals surface area contributed by atoms with Crippen LogP contribution in [0.5, 0.6) is 0 Å². The van der Waals surface area contributed by atoms with E-state index in [1.165, 1.54) is 0 Å². The molecule has 8 heteroatoms. The largest absolute Gasteiger partial charge is 0.415 e. The SMILES string of the molecule is CO[C@@H]1O[C@@H](CO[Si](C)(C)C)[C@H](O[Si](C)(C)C)[C@H]1O[Si](C)(C)C. The lowest BCUT2D eigenvalue weighted by Crippen LogP contribution is -2.49. The van der Waals surface area contributed by atoms with Gasteiger partial charge in [0.1, 0.15) is 18.3 Å². The molecule has 0 bridgehead atoms. The Morgan fingerprint density at radius 1 is 0.739 bits per heavy atom. The quantitative estimate of drug-likeness (QED) is 0.602. The van der Waals surface area contributed by atoms with Gasteiger partial charge >= 0.3 is 0 Å². The fraction of sp³-hybridized carbons (Fsp3) is 1.00. The molecule has 138 valence electrons. The summed E-state index contributed by atoms with van der Waals surface area (Å²) < 4.78 is 30.5. The second-order valence-corrected chi connectivity index (χ2v) is 22.5. The molecule has 1 aliphatic heterocycles. The maximum atomic E-state index is 6.43. The van der Waals surface area contributed by atoms with Crippen LogP contribution in [0.3, 0.4) is 0 Å². The first-order valence-corrected chi connectivity index (χ1v) is 18.6. The van der Waals surface area contributed by atoms with E-state index in [9.17, 15) is 0 Å². The highest BCUT2D eigenvalue weighted by atomic mass is 28.4. The normalized spacial score (nSPS) is 30.0. The molecule has 0 unspecified atom stereocenters. The van der Waals surface area contributed by atoms with Gasteiger partial charge in [0.2, 0.25) is 0 Å². The van der Waals surface area contributed by atoms with E-state index in [4.69, 9.17) is 22.8 Å². The van der Waals surface area contributed by atoms with Crippen LogP contribution >= 0.6 is 0 Å². The molecule has 0 aromatic carbocycles. The molecule has 0 spiro atoms. The summed E-state index contributed by atoms with van der Waals surface area (Å²) in [6, 6.07) is 0. The fourth-order valence-electron chi connectivity index (χ4n) is 2.43. The minimum absolute atomic E-state index is 0.130. The van der Waals surface area contributed by atoms with E-state index in [1.807, 2.05) is 0 Å². The van der Waals surface area contributed by atoms with Crippen molar-refractivity contribution < 1.29 is 22.8 Å². The number of ether oxygens (including phenoxy) is 2. The van der Waals surface area contributed by atoms with Gasteiger partial charge in [-0.3, -0.25) is 0 Å². The Balaban J connectivity index is 2.95. The summed E-state index contributed by atoms with van der Waals surface area (Å²) in [6.45, 7) is 20.2. The van der Waals surface area contributed by atoms with E-state index in [0.29, 0.717) is 6.61 Å². The Hall–Kier alpha value is 0.451. The zero-order valence-corrected chi connectivity index (χ0v) is 19.6. The second-order valence-electron chi connectivity index (χ2n) is 9.09. The van der Waals surface area contributed by atoms with Crippen molar-refractivity contribution >= 4 is 25.0 Å². The highest BCUT2D eigenvalue weighted by molar-refractivity contribution is 6.70. The molecule has 0 aliphatic carbocycles. The lowest BCUT2D eigenvalue weighted by atomic mass is 10.1. The summed E-state index contributed by atoms with van der Waals surface area (Å²) in [5, 5.41) is 0. The minimum Gasteiger partial charge on any atom is -0.415 e. The molecule has 1 saturated heterocycles. The first kappa shape index (κ1) is 21.5. The predicted octanol–water partition coefficient (Wildman–Crippen LogP) is 3.65. The summed E-state index contributed by atoms with van der Waals surface area (Å²) in [4.78, 5) is 0. The molecule has 1 rings (SSSR count). The van der Waals surface area contributed by atoms with Gasteiger partial charge in [-0.25, -0.2) is 0 Å². The van der Waals surface area contributed by atoms with Crippen molar-refractivity contribution in [1.29, 1.82) is 0 Å². The number of rotatable bonds is 8. The van der Waals surface area contributed by atoms with Crippen molar-refractivity contribution in [2.24, 2.45) is 0 Å². The van der Waals surface area contributed by atoms with Gasteiger partial charge in [-0.05, 0) is 58.9 Å². The van der Waals surface area contributed by atoms with Crippen LogP contribution in [-0.2, 0) is 22.8 Å². The average Bonchev–Trinajstić information content (AvgIpc) is 2.60. The van der Waals surface area contributed by atoms with E-state index in [2.05, 4.69) is 58.9 Å². The first-order valence-electron chi connectivity index (χ1n) is 8.40. The molecule has 1 heterocycles. The summed E-state index contributed by atoms with van der Waals surface area (Å²) in [5.41, 5.74) is 0. The van der Waals surface area contributed by atoms with Crippen LogP contribution in [-0.4, -0.2) is 63.3 Å². The smallest absolute Gasteiger partial charge is 0.185 e. The fourth-order valence-corrected chi connectivity index (χ4v) is 5.26. The molecule has 0 aromatic heterocycles. The first-order chi connectivity index (χ1) is 10.2. The average molecular weight is 381 g/mol. The summed E-state index contributed by atoms with van der Waals surface area (Å²) in [7, 11) is -3.43. The monoisotopic (exact) mass is 380 g/mol. The Labute approximate surface area is 145 Å². The molecular formula is C15H36O5Si3. The lowest BCUT2D eigenvalue weighted by Gasteiger charge is -2.34. The van der Waals surface area contributed by atoms with E-state index in [1.54, 1.807) is 7.11 Å². The third kappa shape index (κ3) is 7.91. The van der Waals surface area contributed by atoms with Crippen molar-refractivity contribution in [2.75, 3.05) is 13.7 Å². The molecule has 1 fully saturated rings. The van der Waals surface area contributed by atoms with Crippen molar-refractivity contribution in [2.45, 2.75) is 83.5 Å². The summed E-state index contributed by atoms with van der Waals surface area (Å²) in [6.07, 6.45) is -0.846. The highest BCUT2D eigenvalue weighted by Crippen LogP contribution is 2.32. The molecule has 23 heavy (non-hydrogen) atoms. The van der Waals surface area contributed by atoms with Crippen LogP contribution in [0, 0.1) is 0 Å². The van der Waals surface area contributed by atoms with E-state index >= 15 is 0 Å². The van der Waals surface area contributed by atoms with Gasteiger partial charge in [-0.2, -0.15) is 0 Å². The molecule has 0 saturated carbocycles. The molecule has 4 atom stereocenters. The van der Waals surface area contributed by atoms with Crippen LogP contribution in [0.2, 0.25) is 58.9 Å². The molecule has 0 radical (unpaired) electrons. The van der Waals surface area contributed by atoms with Gasteiger partial charge in [0, 0.05) is 7.11 Å². The summed E-state index contributed by atoms with van der Waals surface area (Å²) >= 11 is 0. The zero-order chi connectivity index (χ0) is 18.1. The van der Waals surface area contributed by atoms with E-state index in [0.717, 1.165) is 0 Å². The van der Waals surface area contributed by atoms with E-state index in [-0.39, 0.29) is 18.3 Å². The Kier molecular flexibility index (Phi) is 7.27. The number of methoxy groups -OCH3 is 1. The third-order valence-electron chi connectivity index (χ3n) is 3.16. The van der Waals surface area contributed by atoms with Gasteiger partial charge in [-0.1, -0.05) is 0 Å². The van der Waals surface area contributed by atoms with Crippen LogP contribution in [0.15, 0.2) is 0 Å². The molecule has 1 aliphatic rings. The van der Waals surface area contributed by atoms with Crippen LogP contribution in [0.1, 0.15) is 0 Å². The molecule has 0 amide bonds. The van der Waals surface area contributed by atoms with Gasteiger partial charge in [0.05, 0.1) is 6.61 Å². The number of hydrogen-bond acceptors (Lipinski definition) is 5. The third-order valence-corrected chi connectivity index (χ3v) is 6.15. The van der Waals surface area contributed by atoms with Crippen LogP contribution in [0.25, 0.3) is 0 Å². The van der Waals surface area contributed by atoms with E-state index < -0.39 is 31.2 Å². The molecule has 0 N–H and O–H groups in total. The number of hydrogen-bond donors (Lipinski definition) is 0. The maximum Gasteiger partial charge on any atom is 0.185 e. The highest BCUT2D eigenvalue weighted by Gasteiger charge is 2.49. The molecule has 0 aromatic rings. The van der Waals surface area contributed by atoms with Crippen LogP contribution in [0.4, 0.5) is 0 Å². The standard InChI is InChI=1S/C15H36O5Si3/c1-16-15-14(20-23(8,9)10)13(19-22(5,6)7)12(18-15)11-17-21(2,3)4/h12-15H,11H2,1-10H3/t12-,13-,14+,15+/m0/s1. The minimum atomic E-state index is -1.74. The maximum absolute atomic E-state index is 6.43. The predicted molar refractivity (Wildman–Crippen MR) is 101 cm³/mol. The van der Waals surface area contributed by atoms with Crippen molar-refractivity contribution in [3.05, 3.63) is 0 Å².